The summed E-state index contributed by atoms with van der Waals surface area (Å²) in [6, 6.07) is 9.60. The molecule has 2 amide bonds. The molecule has 0 atom stereocenters. The fourth-order valence-corrected chi connectivity index (χ4v) is 1.63. The third-order valence-electron chi connectivity index (χ3n) is 2.64. The molecule has 0 spiro atoms. The molecule has 0 saturated carbocycles. The summed E-state index contributed by atoms with van der Waals surface area (Å²) in [7, 11) is 0. The van der Waals surface area contributed by atoms with E-state index in [0.717, 1.165) is 12.0 Å². The minimum Gasteiger partial charge on any atom is -0.347 e. The summed E-state index contributed by atoms with van der Waals surface area (Å²) in [4.78, 5) is 22.5. The molecule has 4 nitrogen and oxygen atoms in total. The molecule has 1 aromatic rings. The van der Waals surface area contributed by atoms with Crippen molar-refractivity contribution in [3.05, 3.63) is 35.9 Å². The molecule has 0 saturated heterocycles. The van der Waals surface area contributed by atoms with Crippen LogP contribution in [0.2, 0.25) is 0 Å². The maximum atomic E-state index is 11.8. The van der Waals surface area contributed by atoms with Crippen LogP contribution in [0.4, 0.5) is 13.2 Å². The molecule has 0 fully saturated rings. The van der Waals surface area contributed by atoms with E-state index in [1.807, 2.05) is 30.3 Å². The van der Waals surface area contributed by atoms with E-state index in [4.69, 9.17) is 0 Å². The first-order valence-corrected chi connectivity index (χ1v) is 6.51. The van der Waals surface area contributed by atoms with Gasteiger partial charge in [0.15, 0.2) is 0 Å². The lowest BCUT2D eigenvalue weighted by atomic mass is 10.1. The molecule has 2 N–H and O–H groups in total. The maximum Gasteiger partial charge on any atom is 0.405 e. The zero-order chi connectivity index (χ0) is 15.7. The van der Waals surface area contributed by atoms with Crippen LogP contribution in [0.5, 0.6) is 0 Å². The molecule has 1 rings (SSSR count). The summed E-state index contributed by atoms with van der Waals surface area (Å²) >= 11 is 0. The smallest absolute Gasteiger partial charge is 0.347 e. The average molecular weight is 302 g/mol. The molecule has 0 aliphatic carbocycles. The Morgan fingerprint density at radius 3 is 2.29 bits per heavy atom. The zero-order valence-electron chi connectivity index (χ0n) is 11.4. The van der Waals surface area contributed by atoms with E-state index in [9.17, 15) is 22.8 Å². The molecule has 7 heteroatoms. The van der Waals surface area contributed by atoms with Gasteiger partial charge in [-0.25, -0.2) is 0 Å². The Morgan fingerprint density at radius 2 is 1.67 bits per heavy atom. The van der Waals surface area contributed by atoms with Gasteiger partial charge < -0.3 is 10.6 Å². The lowest BCUT2D eigenvalue weighted by molar-refractivity contribution is -0.138. The van der Waals surface area contributed by atoms with Crippen molar-refractivity contribution in [2.75, 3.05) is 13.1 Å². The third kappa shape index (κ3) is 8.67. The van der Waals surface area contributed by atoms with Crippen molar-refractivity contribution in [2.24, 2.45) is 0 Å². The number of aryl methyl sites for hydroxylation is 1. The largest absolute Gasteiger partial charge is 0.405 e. The second kappa shape index (κ2) is 8.28. The minimum absolute atomic E-state index is 0.224. The van der Waals surface area contributed by atoms with Gasteiger partial charge in [-0.05, 0) is 18.4 Å². The van der Waals surface area contributed by atoms with Gasteiger partial charge >= 0.3 is 6.18 Å². The average Bonchev–Trinajstić information content (AvgIpc) is 2.43. The Bertz CT molecular complexity index is 461. The van der Waals surface area contributed by atoms with E-state index < -0.39 is 25.2 Å². The van der Waals surface area contributed by atoms with Crippen molar-refractivity contribution >= 4 is 11.8 Å². The van der Waals surface area contributed by atoms with Crippen LogP contribution >= 0.6 is 0 Å². The highest BCUT2D eigenvalue weighted by atomic mass is 19.4. The highest BCUT2D eigenvalue weighted by Crippen LogP contribution is 2.11. The van der Waals surface area contributed by atoms with Crippen LogP contribution in [0.3, 0.4) is 0 Å². The lowest BCUT2D eigenvalue weighted by Crippen LogP contribution is -2.40. The molecule has 21 heavy (non-hydrogen) atoms. The fraction of sp³-hybridized carbons (Fsp3) is 0.429. The van der Waals surface area contributed by atoms with Gasteiger partial charge in [0, 0.05) is 6.42 Å². The van der Waals surface area contributed by atoms with Gasteiger partial charge in [0.25, 0.3) is 0 Å². The first-order valence-electron chi connectivity index (χ1n) is 6.51. The number of nitrogens with one attached hydrogen (secondary N) is 2. The van der Waals surface area contributed by atoms with Gasteiger partial charge in [-0.3, -0.25) is 9.59 Å². The molecule has 0 bridgehead atoms. The van der Waals surface area contributed by atoms with Crippen LogP contribution in [-0.2, 0) is 16.0 Å². The number of benzene rings is 1. The molecule has 0 aliphatic heterocycles. The highest BCUT2D eigenvalue weighted by Gasteiger charge is 2.27. The highest BCUT2D eigenvalue weighted by molar-refractivity contribution is 5.84. The molecule has 0 aliphatic rings. The summed E-state index contributed by atoms with van der Waals surface area (Å²) in [5, 5.41) is 3.97. The Labute approximate surface area is 120 Å². The zero-order valence-corrected chi connectivity index (χ0v) is 11.4. The van der Waals surface area contributed by atoms with Gasteiger partial charge in [0.1, 0.15) is 6.54 Å². The molecule has 0 unspecified atom stereocenters. The van der Waals surface area contributed by atoms with Crippen molar-refractivity contribution in [3.8, 4) is 0 Å². The first kappa shape index (κ1) is 17.0. The number of hydrogen-bond donors (Lipinski definition) is 2. The van der Waals surface area contributed by atoms with Crippen LogP contribution in [-0.4, -0.2) is 31.1 Å². The Hall–Kier alpha value is -2.05. The number of rotatable bonds is 7. The number of amides is 2. The normalized spacial score (nSPS) is 11.0. The number of halogens is 3. The molecule has 0 radical (unpaired) electrons. The Balaban J connectivity index is 2.12. The van der Waals surface area contributed by atoms with E-state index >= 15 is 0 Å². The van der Waals surface area contributed by atoms with Crippen molar-refractivity contribution in [1.29, 1.82) is 0 Å². The van der Waals surface area contributed by atoms with Gasteiger partial charge in [-0.2, -0.15) is 13.2 Å². The van der Waals surface area contributed by atoms with E-state index in [1.54, 1.807) is 5.32 Å². The molecule has 0 aromatic heterocycles. The third-order valence-corrected chi connectivity index (χ3v) is 2.64. The van der Waals surface area contributed by atoms with Gasteiger partial charge in [0.05, 0.1) is 6.54 Å². The molecular formula is C14H17F3N2O2. The Kier molecular flexibility index (Phi) is 6.71. The predicted octanol–water partition coefficient (Wildman–Crippen LogP) is 1.80. The van der Waals surface area contributed by atoms with Crippen LogP contribution in [0.25, 0.3) is 0 Å². The number of carbonyl (C=O) groups excluding carboxylic acids is 2. The van der Waals surface area contributed by atoms with Crippen molar-refractivity contribution < 1.29 is 22.8 Å². The Morgan fingerprint density at radius 1 is 1.00 bits per heavy atom. The summed E-state index contributed by atoms with van der Waals surface area (Å²) in [6.45, 7) is -1.84. The number of carbonyl (C=O) groups is 2. The SMILES string of the molecule is O=C(CCCc1ccccc1)NCC(=O)NCC(F)(F)F. The molecular weight excluding hydrogens is 285 g/mol. The summed E-state index contributed by atoms with van der Waals surface area (Å²) in [5.41, 5.74) is 1.10. The topological polar surface area (TPSA) is 58.2 Å². The number of hydrogen-bond acceptors (Lipinski definition) is 2. The van der Waals surface area contributed by atoms with E-state index in [0.29, 0.717) is 6.42 Å². The van der Waals surface area contributed by atoms with Crippen LogP contribution in [0, 0.1) is 0 Å². The van der Waals surface area contributed by atoms with Crippen molar-refractivity contribution in [3.63, 3.8) is 0 Å². The molecule has 0 heterocycles. The van der Waals surface area contributed by atoms with Crippen molar-refractivity contribution in [2.45, 2.75) is 25.4 Å². The van der Waals surface area contributed by atoms with Crippen LogP contribution in [0.15, 0.2) is 30.3 Å². The second-order valence-corrected chi connectivity index (χ2v) is 4.51. The van der Waals surface area contributed by atoms with Crippen molar-refractivity contribution in [1.82, 2.24) is 10.6 Å². The summed E-state index contributed by atoms with van der Waals surface area (Å²) in [5.74, 6) is -1.21. The molecule has 1 aromatic carbocycles. The quantitative estimate of drug-likeness (QED) is 0.807. The number of alkyl halides is 3. The predicted molar refractivity (Wildman–Crippen MR) is 71.5 cm³/mol. The molecule has 116 valence electrons. The minimum atomic E-state index is -4.45. The fourth-order valence-electron chi connectivity index (χ4n) is 1.63. The maximum absolute atomic E-state index is 11.8. The standard InChI is InChI=1S/C14H17F3N2O2/c15-14(16,17)10-19-13(21)9-18-12(20)8-4-7-11-5-2-1-3-6-11/h1-3,5-6H,4,7-10H2,(H,18,20)(H,19,21). The van der Waals surface area contributed by atoms with E-state index in [2.05, 4.69) is 5.32 Å². The summed E-state index contributed by atoms with van der Waals surface area (Å²) < 4.78 is 35.5. The van der Waals surface area contributed by atoms with Gasteiger partial charge in [0.2, 0.25) is 11.8 Å². The second-order valence-electron chi connectivity index (χ2n) is 4.51. The first-order chi connectivity index (χ1) is 9.87. The van der Waals surface area contributed by atoms with Gasteiger partial charge in [-0.1, -0.05) is 30.3 Å². The monoisotopic (exact) mass is 302 g/mol. The summed E-state index contributed by atoms with van der Waals surface area (Å²) in [6.07, 6.45) is -2.88. The van der Waals surface area contributed by atoms with Crippen LogP contribution < -0.4 is 10.6 Å². The van der Waals surface area contributed by atoms with E-state index in [1.165, 1.54) is 0 Å². The van der Waals surface area contributed by atoms with Gasteiger partial charge in [-0.15, -0.1) is 0 Å². The van der Waals surface area contributed by atoms with E-state index in [-0.39, 0.29) is 12.3 Å². The lowest BCUT2D eigenvalue weighted by Gasteiger charge is -2.09. The van der Waals surface area contributed by atoms with Crippen LogP contribution in [0.1, 0.15) is 18.4 Å².